The molecule has 0 amide bonds. The molecule has 0 spiro atoms. The van der Waals surface area contributed by atoms with Gasteiger partial charge in [-0.3, -0.25) is 0 Å². The van der Waals surface area contributed by atoms with E-state index in [0.717, 1.165) is 23.3 Å². The molecule has 0 aliphatic heterocycles. The second-order valence-electron chi connectivity index (χ2n) is 6.29. The topological polar surface area (TPSA) is 18.5 Å². The summed E-state index contributed by atoms with van der Waals surface area (Å²) in [4.78, 5) is 0. The van der Waals surface area contributed by atoms with Crippen LogP contribution >= 0.6 is 22.6 Å². The summed E-state index contributed by atoms with van der Waals surface area (Å²) in [6.45, 7) is 8.42. The molecule has 0 heterocycles. The standard InChI is InChI=1S/C20H25IO2/c1-13(2)20(22-5)23-19-14(3)10-16(11-15(19)4)12-17-8-6-7-9-18(17)21/h6-11,13,20H,12H2,1-5H3. The van der Waals surface area contributed by atoms with Crippen molar-refractivity contribution in [1.82, 2.24) is 0 Å². The Morgan fingerprint density at radius 3 is 2.17 bits per heavy atom. The Balaban J connectivity index is 2.25. The zero-order valence-electron chi connectivity index (χ0n) is 14.5. The zero-order valence-corrected chi connectivity index (χ0v) is 16.7. The molecule has 2 nitrogen and oxygen atoms in total. The molecule has 0 bridgehead atoms. The number of ether oxygens (including phenoxy) is 2. The molecule has 2 aromatic carbocycles. The van der Waals surface area contributed by atoms with Crippen molar-refractivity contribution in [3.8, 4) is 5.75 Å². The molecule has 1 unspecified atom stereocenters. The molecule has 23 heavy (non-hydrogen) atoms. The number of methoxy groups -OCH3 is 1. The molecule has 0 N–H and O–H groups in total. The fraction of sp³-hybridized carbons (Fsp3) is 0.400. The lowest BCUT2D eigenvalue weighted by atomic mass is 10.00. The van der Waals surface area contributed by atoms with Gasteiger partial charge in [-0.1, -0.05) is 44.2 Å². The third-order valence-electron chi connectivity index (χ3n) is 3.88. The van der Waals surface area contributed by atoms with Crippen molar-refractivity contribution in [2.45, 2.75) is 40.4 Å². The maximum absolute atomic E-state index is 6.09. The molecule has 0 saturated carbocycles. The number of rotatable bonds is 6. The first-order chi connectivity index (χ1) is 10.9. The summed E-state index contributed by atoms with van der Waals surface area (Å²) in [6.07, 6.45) is 0.729. The predicted octanol–water partition coefficient (Wildman–Crippen LogP) is 5.51. The summed E-state index contributed by atoms with van der Waals surface area (Å²) in [5.41, 5.74) is 5.00. The van der Waals surface area contributed by atoms with Gasteiger partial charge >= 0.3 is 0 Å². The SMILES string of the molecule is COC(Oc1c(C)cc(Cc2ccccc2I)cc1C)C(C)C. The Labute approximate surface area is 153 Å². The van der Waals surface area contributed by atoms with Crippen LogP contribution < -0.4 is 4.74 Å². The van der Waals surface area contributed by atoms with Crippen LogP contribution in [-0.4, -0.2) is 13.4 Å². The first-order valence-corrected chi connectivity index (χ1v) is 9.03. The smallest absolute Gasteiger partial charge is 0.201 e. The summed E-state index contributed by atoms with van der Waals surface area (Å²) >= 11 is 2.40. The monoisotopic (exact) mass is 424 g/mol. The van der Waals surface area contributed by atoms with E-state index in [1.165, 1.54) is 14.7 Å². The van der Waals surface area contributed by atoms with Gasteiger partial charge in [0, 0.05) is 16.6 Å². The van der Waals surface area contributed by atoms with Crippen LogP contribution in [0.25, 0.3) is 0 Å². The second-order valence-corrected chi connectivity index (χ2v) is 7.46. The fourth-order valence-electron chi connectivity index (χ4n) is 2.76. The number of aryl methyl sites for hydroxylation is 2. The molecule has 124 valence electrons. The summed E-state index contributed by atoms with van der Waals surface area (Å²) in [5.74, 6) is 1.25. The van der Waals surface area contributed by atoms with Gasteiger partial charge in [-0.2, -0.15) is 0 Å². The van der Waals surface area contributed by atoms with Crippen molar-refractivity contribution >= 4 is 22.6 Å². The third-order valence-corrected chi connectivity index (χ3v) is 4.94. The highest BCUT2D eigenvalue weighted by molar-refractivity contribution is 14.1. The minimum absolute atomic E-state index is 0.215. The van der Waals surface area contributed by atoms with E-state index in [1.54, 1.807) is 7.11 Å². The largest absolute Gasteiger partial charge is 0.464 e. The van der Waals surface area contributed by atoms with Gasteiger partial charge in [0.2, 0.25) is 6.29 Å². The van der Waals surface area contributed by atoms with Gasteiger partial charge in [0.15, 0.2) is 0 Å². The Hall–Kier alpha value is -1.07. The number of halogens is 1. The minimum Gasteiger partial charge on any atom is -0.464 e. The van der Waals surface area contributed by atoms with E-state index >= 15 is 0 Å². The highest BCUT2D eigenvalue weighted by Gasteiger charge is 2.17. The van der Waals surface area contributed by atoms with Crippen LogP contribution in [0.2, 0.25) is 0 Å². The van der Waals surface area contributed by atoms with Gasteiger partial charge < -0.3 is 9.47 Å². The van der Waals surface area contributed by atoms with Gasteiger partial charge in [0.1, 0.15) is 5.75 Å². The molecular weight excluding hydrogens is 399 g/mol. The maximum atomic E-state index is 6.09. The molecule has 0 fully saturated rings. The van der Waals surface area contributed by atoms with Gasteiger partial charge in [0.05, 0.1) is 0 Å². The number of benzene rings is 2. The lowest BCUT2D eigenvalue weighted by Crippen LogP contribution is -2.25. The molecule has 0 saturated heterocycles. The van der Waals surface area contributed by atoms with Crippen LogP contribution in [0.4, 0.5) is 0 Å². The molecule has 0 aliphatic rings. The van der Waals surface area contributed by atoms with Gasteiger partial charge in [-0.05, 0) is 71.2 Å². The van der Waals surface area contributed by atoms with E-state index in [1.807, 2.05) is 0 Å². The van der Waals surface area contributed by atoms with Gasteiger partial charge in [0.25, 0.3) is 0 Å². The highest BCUT2D eigenvalue weighted by Crippen LogP contribution is 2.29. The Morgan fingerprint density at radius 2 is 1.65 bits per heavy atom. The first-order valence-electron chi connectivity index (χ1n) is 7.95. The van der Waals surface area contributed by atoms with E-state index in [4.69, 9.17) is 9.47 Å². The van der Waals surface area contributed by atoms with Gasteiger partial charge in [-0.15, -0.1) is 0 Å². The average molecular weight is 424 g/mol. The Kier molecular flexibility index (Phi) is 6.48. The lowest BCUT2D eigenvalue weighted by molar-refractivity contribution is -0.0840. The molecule has 1 atom stereocenters. The molecular formula is C20H25IO2. The van der Waals surface area contributed by atoms with Crippen molar-refractivity contribution in [2.24, 2.45) is 5.92 Å². The minimum atomic E-state index is -0.215. The van der Waals surface area contributed by atoms with Gasteiger partial charge in [-0.25, -0.2) is 0 Å². The molecule has 0 aromatic heterocycles. The van der Waals surface area contributed by atoms with E-state index in [-0.39, 0.29) is 6.29 Å². The van der Waals surface area contributed by atoms with Crippen LogP contribution in [0.5, 0.6) is 5.75 Å². The van der Waals surface area contributed by atoms with Crippen LogP contribution in [0.15, 0.2) is 36.4 Å². The molecule has 0 aliphatic carbocycles. The zero-order chi connectivity index (χ0) is 17.0. The lowest BCUT2D eigenvalue weighted by Gasteiger charge is -2.23. The second kappa shape index (κ2) is 8.15. The summed E-state index contributed by atoms with van der Waals surface area (Å²) in [7, 11) is 1.70. The predicted molar refractivity (Wildman–Crippen MR) is 104 cm³/mol. The number of hydrogen-bond donors (Lipinski definition) is 0. The van der Waals surface area contributed by atoms with Crippen molar-refractivity contribution in [2.75, 3.05) is 7.11 Å². The highest BCUT2D eigenvalue weighted by atomic mass is 127. The maximum Gasteiger partial charge on any atom is 0.201 e. The fourth-order valence-corrected chi connectivity index (χ4v) is 3.34. The summed E-state index contributed by atoms with van der Waals surface area (Å²) < 4.78 is 12.8. The quantitative estimate of drug-likeness (QED) is 0.450. The van der Waals surface area contributed by atoms with E-state index < -0.39 is 0 Å². The summed E-state index contributed by atoms with van der Waals surface area (Å²) in [6, 6.07) is 13.0. The Morgan fingerprint density at radius 1 is 1.04 bits per heavy atom. The van der Waals surface area contributed by atoms with Crippen molar-refractivity contribution in [3.63, 3.8) is 0 Å². The van der Waals surface area contributed by atoms with E-state index in [0.29, 0.717) is 5.92 Å². The summed E-state index contributed by atoms with van der Waals surface area (Å²) in [5, 5.41) is 0. The van der Waals surface area contributed by atoms with Crippen molar-refractivity contribution in [1.29, 1.82) is 0 Å². The number of hydrogen-bond acceptors (Lipinski definition) is 2. The van der Waals surface area contributed by atoms with Crippen molar-refractivity contribution in [3.05, 3.63) is 62.2 Å². The molecule has 2 aromatic rings. The van der Waals surface area contributed by atoms with Crippen molar-refractivity contribution < 1.29 is 9.47 Å². The van der Waals surface area contributed by atoms with Crippen LogP contribution in [0.1, 0.15) is 36.1 Å². The van der Waals surface area contributed by atoms with Crippen LogP contribution in [0, 0.1) is 23.3 Å². The van der Waals surface area contributed by atoms with Crippen LogP contribution in [-0.2, 0) is 11.2 Å². The average Bonchev–Trinajstić information content (AvgIpc) is 2.49. The Bertz CT molecular complexity index is 641. The third kappa shape index (κ3) is 4.70. The normalized spacial score (nSPS) is 12.5. The van der Waals surface area contributed by atoms with E-state index in [9.17, 15) is 0 Å². The first kappa shape index (κ1) is 18.3. The van der Waals surface area contributed by atoms with E-state index in [2.05, 4.69) is 86.7 Å². The molecule has 2 rings (SSSR count). The van der Waals surface area contributed by atoms with Crippen LogP contribution in [0.3, 0.4) is 0 Å². The molecule has 0 radical (unpaired) electrons. The molecule has 3 heteroatoms.